The summed E-state index contributed by atoms with van der Waals surface area (Å²) in [6.45, 7) is 7.88. The third kappa shape index (κ3) is 3.92. The van der Waals surface area contributed by atoms with Gasteiger partial charge in [-0.25, -0.2) is 0 Å². The van der Waals surface area contributed by atoms with Crippen molar-refractivity contribution < 1.29 is 14.3 Å². The number of benzene rings is 2. The Morgan fingerprint density at radius 3 is 2.63 bits per heavy atom. The summed E-state index contributed by atoms with van der Waals surface area (Å²) in [5.41, 5.74) is 4.88. The second-order valence-corrected chi connectivity index (χ2v) is 7.72. The van der Waals surface area contributed by atoms with Crippen molar-refractivity contribution in [3.05, 3.63) is 82.7 Å². The minimum atomic E-state index is -0.0817. The number of ether oxygens (including phenoxy) is 2. The fourth-order valence-corrected chi connectivity index (χ4v) is 4.15. The van der Waals surface area contributed by atoms with Crippen LogP contribution in [0.1, 0.15) is 52.3 Å². The summed E-state index contributed by atoms with van der Waals surface area (Å²) in [5.74, 6) is 1.40. The van der Waals surface area contributed by atoms with E-state index in [1.807, 2.05) is 56.3 Å². The lowest BCUT2D eigenvalue weighted by atomic mass is 10.1. The average molecular weight is 405 g/mol. The van der Waals surface area contributed by atoms with Gasteiger partial charge in [0.05, 0.1) is 24.8 Å². The maximum absolute atomic E-state index is 13.0. The Bertz CT molecular complexity index is 1040. The van der Waals surface area contributed by atoms with Gasteiger partial charge < -0.3 is 19.4 Å². The van der Waals surface area contributed by atoms with Gasteiger partial charge in [0, 0.05) is 29.9 Å². The molecule has 4 rings (SSSR count). The quantitative estimate of drug-likeness (QED) is 0.664. The Balaban J connectivity index is 1.53. The van der Waals surface area contributed by atoms with Crippen LogP contribution >= 0.6 is 0 Å². The van der Waals surface area contributed by atoms with Crippen LogP contribution in [0.2, 0.25) is 0 Å². The number of nitrogens with zero attached hydrogens (tertiary/aromatic N) is 1. The lowest BCUT2D eigenvalue weighted by Gasteiger charge is -2.19. The highest BCUT2D eigenvalue weighted by Gasteiger charge is 2.20. The monoisotopic (exact) mass is 404 g/mol. The van der Waals surface area contributed by atoms with Crippen molar-refractivity contribution in [1.29, 1.82) is 0 Å². The number of nitrogens with one attached hydrogen (secondary N) is 1. The molecule has 1 amide bonds. The second-order valence-electron chi connectivity index (χ2n) is 7.72. The molecule has 156 valence electrons. The summed E-state index contributed by atoms with van der Waals surface area (Å²) in [4.78, 5) is 13.0. The molecule has 1 aliphatic heterocycles. The maximum atomic E-state index is 13.0. The third-order valence-electron chi connectivity index (χ3n) is 5.69. The molecule has 1 aliphatic rings. The third-order valence-corrected chi connectivity index (χ3v) is 5.69. The normalized spacial score (nSPS) is 14.1. The Kier molecular flexibility index (Phi) is 5.79. The first-order valence-electron chi connectivity index (χ1n) is 10.5. The summed E-state index contributed by atoms with van der Waals surface area (Å²) in [6, 6.07) is 18.3. The molecular formula is C25H28N2O3. The first-order chi connectivity index (χ1) is 14.6. The Morgan fingerprint density at radius 1 is 1.07 bits per heavy atom. The first kappa shape index (κ1) is 20.1. The fourth-order valence-electron chi connectivity index (χ4n) is 4.15. The zero-order valence-electron chi connectivity index (χ0n) is 17.8. The summed E-state index contributed by atoms with van der Waals surface area (Å²) in [7, 11) is 0. The molecule has 3 aromatic rings. The SMILES string of the molecule is Cc1cc(C(=O)NCc2cccc3c2OCCCO3)c(C)n1C(C)c1ccccc1. The van der Waals surface area contributed by atoms with E-state index in [1.54, 1.807) is 0 Å². The maximum Gasteiger partial charge on any atom is 0.253 e. The average Bonchev–Trinajstić information content (AvgIpc) is 2.93. The second kappa shape index (κ2) is 8.66. The van der Waals surface area contributed by atoms with Gasteiger partial charge in [-0.2, -0.15) is 0 Å². The van der Waals surface area contributed by atoms with Gasteiger partial charge >= 0.3 is 0 Å². The smallest absolute Gasteiger partial charge is 0.253 e. The van der Waals surface area contributed by atoms with Crippen molar-refractivity contribution in [1.82, 2.24) is 9.88 Å². The van der Waals surface area contributed by atoms with Gasteiger partial charge in [0.15, 0.2) is 11.5 Å². The standard InChI is InChI=1S/C25H28N2O3/c1-17-15-22(19(3)27(17)18(2)20-9-5-4-6-10-20)25(28)26-16-21-11-7-12-23-24(21)30-14-8-13-29-23/h4-7,9-12,15,18H,8,13-14,16H2,1-3H3,(H,26,28). The Hall–Kier alpha value is -3.21. The molecule has 1 atom stereocenters. The number of rotatable bonds is 5. The number of hydrogen-bond acceptors (Lipinski definition) is 3. The van der Waals surface area contributed by atoms with Crippen LogP contribution in [0, 0.1) is 13.8 Å². The zero-order valence-corrected chi connectivity index (χ0v) is 17.8. The lowest BCUT2D eigenvalue weighted by molar-refractivity contribution is 0.0950. The van der Waals surface area contributed by atoms with Crippen LogP contribution < -0.4 is 14.8 Å². The molecular weight excluding hydrogens is 376 g/mol. The van der Waals surface area contributed by atoms with Crippen LogP contribution in [0.3, 0.4) is 0 Å². The molecule has 30 heavy (non-hydrogen) atoms. The number of para-hydroxylation sites is 1. The number of amides is 1. The molecule has 5 heteroatoms. The van der Waals surface area contributed by atoms with Crippen LogP contribution in [0.5, 0.6) is 11.5 Å². The van der Waals surface area contributed by atoms with Crippen molar-refractivity contribution in [2.75, 3.05) is 13.2 Å². The number of carbonyl (C=O) groups is 1. The minimum absolute atomic E-state index is 0.0817. The lowest BCUT2D eigenvalue weighted by Crippen LogP contribution is -2.24. The van der Waals surface area contributed by atoms with Crippen LogP contribution in [-0.2, 0) is 6.54 Å². The molecule has 0 saturated heterocycles. The van der Waals surface area contributed by atoms with Crippen molar-refractivity contribution in [2.24, 2.45) is 0 Å². The zero-order chi connectivity index (χ0) is 21.1. The highest BCUT2D eigenvalue weighted by molar-refractivity contribution is 5.95. The highest BCUT2D eigenvalue weighted by Crippen LogP contribution is 2.33. The largest absolute Gasteiger partial charge is 0.490 e. The van der Waals surface area contributed by atoms with Crippen LogP contribution in [-0.4, -0.2) is 23.7 Å². The fraction of sp³-hybridized carbons (Fsp3) is 0.320. The predicted octanol–water partition coefficient (Wildman–Crippen LogP) is 4.81. The highest BCUT2D eigenvalue weighted by atomic mass is 16.5. The van der Waals surface area contributed by atoms with E-state index < -0.39 is 0 Å². The van der Waals surface area contributed by atoms with E-state index in [-0.39, 0.29) is 11.9 Å². The number of aryl methyl sites for hydroxylation is 1. The minimum Gasteiger partial charge on any atom is -0.490 e. The van der Waals surface area contributed by atoms with E-state index in [4.69, 9.17) is 9.47 Å². The van der Waals surface area contributed by atoms with E-state index in [2.05, 4.69) is 28.9 Å². The number of aromatic nitrogens is 1. The van der Waals surface area contributed by atoms with Gasteiger partial charge in [-0.3, -0.25) is 4.79 Å². The molecule has 1 N–H and O–H groups in total. The van der Waals surface area contributed by atoms with Crippen LogP contribution in [0.4, 0.5) is 0 Å². The Morgan fingerprint density at radius 2 is 1.83 bits per heavy atom. The molecule has 2 aromatic carbocycles. The van der Waals surface area contributed by atoms with Gasteiger partial charge in [0.2, 0.25) is 0 Å². The summed E-state index contributed by atoms with van der Waals surface area (Å²) in [6.07, 6.45) is 0.853. The molecule has 0 aliphatic carbocycles. The van der Waals surface area contributed by atoms with Crippen molar-refractivity contribution in [3.8, 4) is 11.5 Å². The molecule has 0 bridgehead atoms. The molecule has 1 unspecified atom stereocenters. The molecule has 0 saturated carbocycles. The Labute approximate surface area is 177 Å². The first-order valence-corrected chi connectivity index (χ1v) is 10.5. The van der Waals surface area contributed by atoms with Gasteiger partial charge in [0.25, 0.3) is 5.91 Å². The molecule has 0 fully saturated rings. The summed E-state index contributed by atoms with van der Waals surface area (Å²) in [5, 5.41) is 3.06. The van der Waals surface area contributed by atoms with E-state index in [1.165, 1.54) is 5.56 Å². The summed E-state index contributed by atoms with van der Waals surface area (Å²) < 4.78 is 13.8. The summed E-state index contributed by atoms with van der Waals surface area (Å²) >= 11 is 0. The molecule has 1 aromatic heterocycles. The predicted molar refractivity (Wildman–Crippen MR) is 117 cm³/mol. The molecule has 0 radical (unpaired) electrons. The number of hydrogen-bond donors (Lipinski definition) is 1. The van der Waals surface area contributed by atoms with E-state index in [0.29, 0.717) is 25.3 Å². The topological polar surface area (TPSA) is 52.5 Å². The van der Waals surface area contributed by atoms with Gasteiger partial charge in [-0.1, -0.05) is 42.5 Å². The van der Waals surface area contributed by atoms with Crippen molar-refractivity contribution in [2.45, 2.75) is 39.8 Å². The molecule has 5 nitrogen and oxygen atoms in total. The van der Waals surface area contributed by atoms with E-state index in [0.717, 1.165) is 34.9 Å². The van der Waals surface area contributed by atoms with Crippen LogP contribution in [0.25, 0.3) is 0 Å². The van der Waals surface area contributed by atoms with Gasteiger partial charge in [-0.05, 0) is 38.5 Å². The number of fused-ring (bicyclic) bond motifs is 1. The number of carbonyl (C=O) groups excluding carboxylic acids is 1. The van der Waals surface area contributed by atoms with Gasteiger partial charge in [-0.15, -0.1) is 0 Å². The molecule has 0 spiro atoms. The van der Waals surface area contributed by atoms with Crippen molar-refractivity contribution >= 4 is 5.91 Å². The van der Waals surface area contributed by atoms with Crippen molar-refractivity contribution in [3.63, 3.8) is 0 Å². The van der Waals surface area contributed by atoms with E-state index in [9.17, 15) is 4.79 Å². The van der Waals surface area contributed by atoms with Gasteiger partial charge in [0.1, 0.15) is 0 Å². The van der Waals surface area contributed by atoms with Crippen LogP contribution in [0.15, 0.2) is 54.6 Å². The molecule has 2 heterocycles. The van der Waals surface area contributed by atoms with E-state index >= 15 is 0 Å².